The zero-order chi connectivity index (χ0) is 13.1. The SMILES string of the molecule is Fc1ccccc1NCc1nnc2n1CCCCC2. The second-order valence-corrected chi connectivity index (χ2v) is 4.83. The Bertz CT molecular complexity index is 564. The Morgan fingerprint density at radius 2 is 2.05 bits per heavy atom. The summed E-state index contributed by atoms with van der Waals surface area (Å²) in [6.45, 7) is 1.48. The van der Waals surface area contributed by atoms with Gasteiger partial charge in [0, 0.05) is 13.0 Å². The predicted octanol–water partition coefficient (Wildman–Crippen LogP) is 2.76. The quantitative estimate of drug-likeness (QED) is 0.922. The molecule has 19 heavy (non-hydrogen) atoms. The van der Waals surface area contributed by atoms with Crippen molar-refractivity contribution in [2.75, 3.05) is 5.32 Å². The maximum Gasteiger partial charge on any atom is 0.152 e. The van der Waals surface area contributed by atoms with Gasteiger partial charge in [-0.25, -0.2) is 4.39 Å². The number of hydrogen-bond acceptors (Lipinski definition) is 3. The minimum atomic E-state index is -0.238. The second kappa shape index (κ2) is 5.38. The third-order valence-electron chi connectivity index (χ3n) is 3.50. The van der Waals surface area contributed by atoms with Crippen molar-refractivity contribution in [2.24, 2.45) is 0 Å². The number of nitrogens with zero attached hydrogens (tertiary/aromatic N) is 3. The monoisotopic (exact) mass is 260 g/mol. The van der Waals surface area contributed by atoms with E-state index in [9.17, 15) is 4.39 Å². The first-order valence-electron chi connectivity index (χ1n) is 6.74. The summed E-state index contributed by atoms with van der Waals surface area (Å²) in [6, 6.07) is 6.68. The molecule has 1 N–H and O–H groups in total. The molecule has 5 heteroatoms. The number of aryl methyl sites for hydroxylation is 1. The van der Waals surface area contributed by atoms with E-state index in [-0.39, 0.29) is 5.82 Å². The van der Waals surface area contributed by atoms with Crippen LogP contribution in [-0.2, 0) is 19.5 Å². The van der Waals surface area contributed by atoms with Crippen LogP contribution in [0.4, 0.5) is 10.1 Å². The Labute approximate surface area is 111 Å². The molecule has 1 aliphatic rings. The minimum Gasteiger partial charge on any atom is -0.375 e. The van der Waals surface area contributed by atoms with Crippen LogP contribution in [0.15, 0.2) is 24.3 Å². The van der Waals surface area contributed by atoms with Crippen LogP contribution in [0.2, 0.25) is 0 Å². The van der Waals surface area contributed by atoms with Crippen LogP contribution in [0.25, 0.3) is 0 Å². The lowest BCUT2D eigenvalue weighted by atomic mass is 10.2. The van der Waals surface area contributed by atoms with Gasteiger partial charge < -0.3 is 9.88 Å². The van der Waals surface area contributed by atoms with E-state index in [1.165, 1.54) is 18.9 Å². The van der Waals surface area contributed by atoms with Crippen molar-refractivity contribution in [2.45, 2.75) is 38.8 Å². The Morgan fingerprint density at radius 1 is 1.16 bits per heavy atom. The van der Waals surface area contributed by atoms with E-state index in [4.69, 9.17) is 0 Å². The third kappa shape index (κ3) is 2.59. The number of nitrogens with one attached hydrogen (secondary N) is 1. The minimum absolute atomic E-state index is 0.238. The number of benzene rings is 1. The predicted molar refractivity (Wildman–Crippen MR) is 71.3 cm³/mol. The summed E-state index contributed by atoms with van der Waals surface area (Å²) >= 11 is 0. The molecule has 0 aliphatic carbocycles. The van der Waals surface area contributed by atoms with Gasteiger partial charge in [-0.05, 0) is 25.0 Å². The van der Waals surface area contributed by atoms with E-state index in [0.717, 1.165) is 31.0 Å². The lowest BCUT2D eigenvalue weighted by Gasteiger charge is -2.09. The molecule has 0 spiro atoms. The fraction of sp³-hybridized carbons (Fsp3) is 0.429. The summed E-state index contributed by atoms with van der Waals surface area (Å²) in [7, 11) is 0. The van der Waals surface area contributed by atoms with Gasteiger partial charge in [-0.3, -0.25) is 0 Å². The van der Waals surface area contributed by atoms with E-state index in [0.29, 0.717) is 12.2 Å². The molecule has 0 saturated heterocycles. The third-order valence-corrected chi connectivity index (χ3v) is 3.50. The maximum absolute atomic E-state index is 13.5. The zero-order valence-corrected chi connectivity index (χ0v) is 10.8. The molecular weight excluding hydrogens is 243 g/mol. The first-order valence-corrected chi connectivity index (χ1v) is 6.74. The van der Waals surface area contributed by atoms with Crippen molar-refractivity contribution in [3.8, 4) is 0 Å². The van der Waals surface area contributed by atoms with E-state index >= 15 is 0 Å². The summed E-state index contributed by atoms with van der Waals surface area (Å²) in [5.41, 5.74) is 0.508. The number of anilines is 1. The molecule has 0 fully saturated rings. The summed E-state index contributed by atoms with van der Waals surface area (Å²) < 4.78 is 15.7. The number of fused-ring (bicyclic) bond motifs is 1. The summed E-state index contributed by atoms with van der Waals surface area (Å²) in [5.74, 6) is 1.71. The molecule has 2 heterocycles. The van der Waals surface area contributed by atoms with Crippen molar-refractivity contribution in [3.05, 3.63) is 41.7 Å². The Balaban J connectivity index is 1.74. The first kappa shape index (κ1) is 12.1. The molecule has 0 radical (unpaired) electrons. The Kier molecular flexibility index (Phi) is 3.44. The molecule has 4 nitrogen and oxygen atoms in total. The smallest absolute Gasteiger partial charge is 0.152 e. The van der Waals surface area contributed by atoms with Crippen LogP contribution in [0.5, 0.6) is 0 Å². The van der Waals surface area contributed by atoms with E-state index in [2.05, 4.69) is 20.1 Å². The molecule has 0 unspecified atom stereocenters. The molecule has 1 aliphatic heterocycles. The molecule has 2 aromatic rings. The van der Waals surface area contributed by atoms with Gasteiger partial charge in [0.05, 0.1) is 12.2 Å². The van der Waals surface area contributed by atoms with E-state index in [1.807, 2.05) is 6.07 Å². The van der Waals surface area contributed by atoms with E-state index in [1.54, 1.807) is 12.1 Å². The van der Waals surface area contributed by atoms with Gasteiger partial charge in [0.2, 0.25) is 0 Å². The number of halogens is 1. The fourth-order valence-electron chi connectivity index (χ4n) is 2.45. The van der Waals surface area contributed by atoms with Gasteiger partial charge in [-0.2, -0.15) is 0 Å². The van der Waals surface area contributed by atoms with Crippen molar-refractivity contribution in [3.63, 3.8) is 0 Å². The number of para-hydroxylation sites is 1. The zero-order valence-electron chi connectivity index (χ0n) is 10.8. The maximum atomic E-state index is 13.5. The first-order chi connectivity index (χ1) is 9.34. The highest BCUT2D eigenvalue weighted by Gasteiger charge is 2.14. The van der Waals surface area contributed by atoms with Crippen molar-refractivity contribution in [1.29, 1.82) is 0 Å². The average molecular weight is 260 g/mol. The van der Waals surface area contributed by atoms with Crippen molar-refractivity contribution >= 4 is 5.69 Å². The lowest BCUT2D eigenvalue weighted by Crippen LogP contribution is -2.10. The lowest BCUT2D eigenvalue weighted by molar-refractivity contribution is 0.607. The number of rotatable bonds is 3. The fourth-order valence-corrected chi connectivity index (χ4v) is 2.45. The molecular formula is C14H17FN4. The average Bonchev–Trinajstić information content (AvgIpc) is 2.66. The van der Waals surface area contributed by atoms with E-state index < -0.39 is 0 Å². The second-order valence-electron chi connectivity index (χ2n) is 4.83. The molecule has 0 atom stereocenters. The highest BCUT2D eigenvalue weighted by molar-refractivity contribution is 5.44. The molecule has 0 amide bonds. The van der Waals surface area contributed by atoms with Crippen LogP contribution in [0.1, 0.15) is 30.9 Å². The highest BCUT2D eigenvalue weighted by Crippen LogP contribution is 2.17. The van der Waals surface area contributed by atoms with Gasteiger partial charge in [-0.1, -0.05) is 18.6 Å². The Morgan fingerprint density at radius 3 is 2.95 bits per heavy atom. The summed E-state index contributed by atoms with van der Waals surface area (Å²) in [6.07, 6.45) is 4.58. The van der Waals surface area contributed by atoms with Gasteiger partial charge in [-0.15, -0.1) is 10.2 Å². The van der Waals surface area contributed by atoms with Crippen LogP contribution in [0.3, 0.4) is 0 Å². The van der Waals surface area contributed by atoms with Crippen LogP contribution in [0, 0.1) is 5.82 Å². The van der Waals surface area contributed by atoms with Gasteiger partial charge in [0.15, 0.2) is 5.82 Å². The molecule has 1 aromatic heterocycles. The summed E-state index contributed by atoms with van der Waals surface area (Å²) in [5, 5.41) is 11.5. The molecule has 3 rings (SSSR count). The Hall–Kier alpha value is -1.91. The molecule has 0 bridgehead atoms. The summed E-state index contributed by atoms with van der Waals surface area (Å²) in [4.78, 5) is 0. The van der Waals surface area contributed by atoms with Crippen molar-refractivity contribution in [1.82, 2.24) is 14.8 Å². The molecule has 100 valence electrons. The van der Waals surface area contributed by atoms with Gasteiger partial charge in [0.25, 0.3) is 0 Å². The topological polar surface area (TPSA) is 42.7 Å². The van der Waals surface area contributed by atoms with Gasteiger partial charge >= 0.3 is 0 Å². The van der Waals surface area contributed by atoms with Crippen LogP contribution >= 0.6 is 0 Å². The standard InChI is InChI=1S/C14H17FN4/c15-11-6-3-4-7-12(11)16-10-14-18-17-13-8-2-1-5-9-19(13)14/h3-4,6-7,16H,1-2,5,8-10H2. The number of hydrogen-bond donors (Lipinski definition) is 1. The molecule has 0 saturated carbocycles. The van der Waals surface area contributed by atoms with Crippen LogP contribution < -0.4 is 5.32 Å². The molecule has 1 aromatic carbocycles. The highest BCUT2D eigenvalue weighted by atomic mass is 19.1. The van der Waals surface area contributed by atoms with Crippen molar-refractivity contribution < 1.29 is 4.39 Å². The largest absolute Gasteiger partial charge is 0.375 e. The normalized spacial score (nSPS) is 14.8. The van der Waals surface area contributed by atoms with Gasteiger partial charge in [0.1, 0.15) is 11.6 Å². The number of aromatic nitrogens is 3. The van der Waals surface area contributed by atoms with Crippen LogP contribution in [-0.4, -0.2) is 14.8 Å².